The molecule has 5 rings (SSSR count). The third-order valence-electron chi connectivity index (χ3n) is 6.07. The number of nitrogens with zero attached hydrogens (tertiary/aromatic N) is 1. The zero-order chi connectivity index (χ0) is 22.6. The third kappa shape index (κ3) is 4.15. The van der Waals surface area contributed by atoms with E-state index in [1.807, 2.05) is 108 Å². The topological polar surface area (TPSA) is 49.4 Å². The zero-order valence-electron chi connectivity index (χ0n) is 18.1. The first kappa shape index (κ1) is 20.7. The summed E-state index contributed by atoms with van der Waals surface area (Å²) in [6, 6.07) is 36.9. The second kappa shape index (κ2) is 9.13. The smallest absolute Gasteiger partial charge is 0.237 e. The molecule has 4 nitrogen and oxygen atoms in total. The van der Waals surface area contributed by atoms with Gasteiger partial charge in [-0.25, -0.2) is 0 Å². The molecule has 1 N–H and O–H groups in total. The molecule has 0 aliphatic carbocycles. The number of rotatable bonds is 6. The van der Waals surface area contributed by atoms with Crippen LogP contribution in [0.1, 0.15) is 28.7 Å². The van der Waals surface area contributed by atoms with Crippen molar-refractivity contribution in [2.24, 2.45) is 0 Å². The Bertz CT molecular complexity index is 1260. The van der Waals surface area contributed by atoms with Crippen LogP contribution in [0.3, 0.4) is 0 Å². The van der Waals surface area contributed by atoms with Gasteiger partial charge in [-0.15, -0.1) is 0 Å². The lowest BCUT2D eigenvalue weighted by Crippen LogP contribution is -2.54. The van der Waals surface area contributed by atoms with Gasteiger partial charge in [-0.2, -0.15) is 0 Å². The van der Waals surface area contributed by atoms with Gasteiger partial charge < -0.3 is 10.2 Å². The maximum atomic E-state index is 13.5. The summed E-state index contributed by atoms with van der Waals surface area (Å²) in [6.45, 7) is 0. The van der Waals surface area contributed by atoms with Gasteiger partial charge in [0.05, 0.1) is 18.4 Å². The maximum Gasteiger partial charge on any atom is 0.237 e. The molecule has 0 bridgehead atoms. The average molecular weight is 433 g/mol. The van der Waals surface area contributed by atoms with Crippen LogP contribution in [-0.2, 0) is 16.0 Å². The highest BCUT2D eigenvalue weighted by Crippen LogP contribution is 2.49. The lowest BCUT2D eigenvalue weighted by molar-refractivity contribution is -0.126. The molecule has 2 amide bonds. The van der Waals surface area contributed by atoms with Crippen molar-refractivity contribution in [1.29, 1.82) is 0 Å². The molecule has 33 heavy (non-hydrogen) atoms. The van der Waals surface area contributed by atoms with E-state index in [4.69, 9.17) is 0 Å². The van der Waals surface area contributed by atoms with Gasteiger partial charge >= 0.3 is 0 Å². The fourth-order valence-corrected chi connectivity index (χ4v) is 4.56. The third-order valence-corrected chi connectivity index (χ3v) is 6.07. The van der Waals surface area contributed by atoms with Crippen LogP contribution in [0.25, 0.3) is 0 Å². The Morgan fingerprint density at radius 2 is 1.30 bits per heavy atom. The number of amides is 2. The first-order chi connectivity index (χ1) is 16.2. The lowest BCUT2D eigenvalue weighted by atomic mass is 9.75. The summed E-state index contributed by atoms with van der Waals surface area (Å²) in [5, 5.41) is 2.95. The highest BCUT2D eigenvalue weighted by atomic mass is 16.2. The van der Waals surface area contributed by atoms with Crippen molar-refractivity contribution in [2.45, 2.75) is 18.4 Å². The molecule has 0 spiro atoms. The zero-order valence-corrected chi connectivity index (χ0v) is 18.1. The molecule has 0 unspecified atom stereocenters. The standard InChI is InChI=1S/C29H24N2O2/c32-26(30-23-15-6-2-7-16-23)20-22-14-10-11-19-25(22)27-28(21-12-4-1-5-13-21)31(29(27)33)24-17-8-3-9-18-24/h1-19,27-28H,20H2,(H,30,32)/t27-,28-/m0/s1. The molecule has 4 heteroatoms. The van der Waals surface area contributed by atoms with Crippen LogP contribution >= 0.6 is 0 Å². The van der Waals surface area contributed by atoms with Gasteiger partial charge in [-0.3, -0.25) is 9.59 Å². The van der Waals surface area contributed by atoms with E-state index in [2.05, 4.69) is 17.4 Å². The van der Waals surface area contributed by atoms with Crippen LogP contribution in [0.2, 0.25) is 0 Å². The van der Waals surface area contributed by atoms with Crippen LogP contribution < -0.4 is 10.2 Å². The molecule has 162 valence electrons. The van der Waals surface area contributed by atoms with Crippen molar-refractivity contribution >= 4 is 23.2 Å². The summed E-state index contributed by atoms with van der Waals surface area (Å²) in [5.74, 6) is -0.393. The molecule has 0 radical (unpaired) electrons. The molecule has 1 aliphatic heterocycles. The Balaban J connectivity index is 1.47. The molecule has 1 saturated heterocycles. The first-order valence-corrected chi connectivity index (χ1v) is 11.1. The second-order valence-corrected chi connectivity index (χ2v) is 8.17. The summed E-state index contributed by atoms with van der Waals surface area (Å²) in [6.07, 6.45) is 0.210. The Morgan fingerprint density at radius 3 is 2.00 bits per heavy atom. The molecule has 2 atom stereocenters. The number of carbonyl (C=O) groups is 2. The lowest BCUT2D eigenvalue weighted by Gasteiger charge is -2.48. The van der Waals surface area contributed by atoms with E-state index in [1.54, 1.807) is 0 Å². The highest BCUT2D eigenvalue weighted by molar-refractivity contribution is 6.07. The number of β-lactam (4-membered cyclic amide) rings is 1. The van der Waals surface area contributed by atoms with Gasteiger partial charge in [-0.1, -0.05) is 91.0 Å². The molecular formula is C29H24N2O2. The van der Waals surface area contributed by atoms with Crippen LogP contribution in [-0.4, -0.2) is 11.8 Å². The Hall–Kier alpha value is -4.18. The highest BCUT2D eigenvalue weighted by Gasteiger charge is 2.50. The van der Waals surface area contributed by atoms with Gasteiger partial charge in [0.1, 0.15) is 0 Å². The molecule has 1 aliphatic rings. The number of hydrogen-bond acceptors (Lipinski definition) is 2. The minimum absolute atomic E-state index is 0.0472. The van der Waals surface area contributed by atoms with Crippen LogP contribution in [0.15, 0.2) is 115 Å². The maximum absolute atomic E-state index is 13.5. The molecule has 4 aromatic carbocycles. The fourth-order valence-electron chi connectivity index (χ4n) is 4.56. The molecule has 1 fully saturated rings. The van der Waals surface area contributed by atoms with Crippen molar-refractivity contribution in [3.8, 4) is 0 Å². The Morgan fingerprint density at radius 1 is 0.727 bits per heavy atom. The SMILES string of the molecule is O=C(Cc1ccccc1[C@@H]1C(=O)N(c2ccccc2)[C@H]1c1ccccc1)Nc1ccccc1. The van der Waals surface area contributed by atoms with E-state index < -0.39 is 0 Å². The Labute approximate surface area is 193 Å². The monoisotopic (exact) mass is 432 g/mol. The van der Waals surface area contributed by atoms with Gasteiger partial charge in [-0.05, 0) is 41.0 Å². The number of para-hydroxylation sites is 2. The van der Waals surface area contributed by atoms with Crippen LogP contribution in [0.5, 0.6) is 0 Å². The van der Waals surface area contributed by atoms with Crippen molar-refractivity contribution < 1.29 is 9.59 Å². The van der Waals surface area contributed by atoms with E-state index in [1.165, 1.54) is 0 Å². The predicted molar refractivity (Wildman–Crippen MR) is 131 cm³/mol. The van der Waals surface area contributed by atoms with Crippen molar-refractivity contribution in [3.05, 3.63) is 132 Å². The van der Waals surface area contributed by atoms with Gasteiger partial charge in [0, 0.05) is 11.4 Å². The molecule has 1 heterocycles. The summed E-state index contributed by atoms with van der Waals surface area (Å²) in [5.41, 5.74) is 4.50. The number of benzene rings is 4. The van der Waals surface area contributed by atoms with Crippen molar-refractivity contribution in [2.75, 3.05) is 10.2 Å². The van der Waals surface area contributed by atoms with E-state index in [-0.39, 0.29) is 30.2 Å². The quantitative estimate of drug-likeness (QED) is 0.395. The molecule has 0 aromatic heterocycles. The Kier molecular flexibility index (Phi) is 5.73. The van der Waals surface area contributed by atoms with E-state index in [0.29, 0.717) is 0 Å². The summed E-state index contributed by atoms with van der Waals surface area (Å²) in [7, 11) is 0. The fraction of sp³-hybridized carbons (Fsp3) is 0.103. The minimum atomic E-state index is -0.340. The minimum Gasteiger partial charge on any atom is -0.326 e. The summed E-state index contributed by atoms with van der Waals surface area (Å²) < 4.78 is 0. The second-order valence-electron chi connectivity index (χ2n) is 8.17. The van der Waals surface area contributed by atoms with Crippen LogP contribution in [0, 0.1) is 0 Å². The predicted octanol–water partition coefficient (Wildman–Crippen LogP) is 5.74. The summed E-state index contributed by atoms with van der Waals surface area (Å²) >= 11 is 0. The first-order valence-electron chi connectivity index (χ1n) is 11.1. The normalized spacial score (nSPS) is 17.3. The number of nitrogens with one attached hydrogen (secondary N) is 1. The van der Waals surface area contributed by atoms with Gasteiger partial charge in [0.2, 0.25) is 11.8 Å². The largest absolute Gasteiger partial charge is 0.326 e. The number of hydrogen-bond donors (Lipinski definition) is 1. The van der Waals surface area contributed by atoms with E-state index in [9.17, 15) is 9.59 Å². The summed E-state index contributed by atoms with van der Waals surface area (Å²) in [4.78, 5) is 28.1. The average Bonchev–Trinajstić information content (AvgIpc) is 2.85. The molecular weight excluding hydrogens is 408 g/mol. The van der Waals surface area contributed by atoms with Crippen molar-refractivity contribution in [3.63, 3.8) is 0 Å². The van der Waals surface area contributed by atoms with Gasteiger partial charge in [0.25, 0.3) is 0 Å². The van der Waals surface area contributed by atoms with Gasteiger partial charge in [0.15, 0.2) is 0 Å². The van der Waals surface area contributed by atoms with E-state index in [0.717, 1.165) is 28.1 Å². The van der Waals surface area contributed by atoms with E-state index >= 15 is 0 Å². The number of anilines is 2. The molecule has 0 saturated carbocycles. The van der Waals surface area contributed by atoms with Crippen molar-refractivity contribution in [1.82, 2.24) is 0 Å². The molecule has 4 aromatic rings. The number of carbonyl (C=O) groups excluding carboxylic acids is 2. The van der Waals surface area contributed by atoms with Crippen LogP contribution in [0.4, 0.5) is 11.4 Å².